The number of ether oxygens (including phenoxy) is 2. The van der Waals surface area contributed by atoms with Gasteiger partial charge < -0.3 is 14.8 Å². The summed E-state index contributed by atoms with van der Waals surface area (Å²) in [6.45, 7) is 4.98. The molecule has 0 aliphatic carbocycles. The highest BCUT2D eigenvalue weighted by atomic mass is 16.5. The van der Waals surface area contributed by atoms with Gasteiger partial charge in [0.15, 0.2) is 5.78 Å². The van der Waals surface area contributed by atoms with E-state index in [1.165, 1.54) is 7.11 Å². The topological polar surface area (TPSA) is 64.6 Å². The molecule has 0 saturated carbocycles. The van der Waals surface area contributed by atoms with Crippen LogP contribution in [0.4, 0.5) is 4.79 Å². The molecule has 0 aromatic heterocycles. The van der Waals surface area contributed by atoms with Crippen molar-refractivity contribution in [3.05, 3.63) is 0 Å². The molecule has 1 fully saturated rings. The van der Waals surface area contributed by atoms with E-state index in [9.17, 15) is 9.59 Å². The molecular formula is C12H21NO4. The first-order chi connectivity index (χ1) is 8.06. The minimum Gasteiger partial charge on any atom is -0.453 e. The Kier molecular flexibility index (Phi) is 5.41. The zero-order valence-corrected chi connectivity index (χ0v) is 10.7. The Hall–Kier alpha value is -1.10. The molecule has 1 aliphatic rings. The SMILES string of the molecule is COC(=O)NC(C(=O)C(C)C)C1CCOCC1. The number of Topliss-reactive ketones (excluding diaryl/α,β-unsaturated/α-hetero) is 1. The predicted octanol–water partition coefficient (Wildman–Crippen LogP) is 1.36. The fraction of sp³-hybridized carbons (Fsp3) is 0.833. The van der Waals surface area contributed by atoms with Crippen LogP contribution < -0.4 is 5.32 Å². The smallest absolute Gasteiger partial charge is 0.407 e. The van der Waals surface area contributed by atoms with Crippen molar-refractivity contribution in [3.63, 3.8) is 0 Å². The monoisotopic (exact) mass is 243 g/mol. The number of carbonyl (C=O) groups is 2. The van der Waals surface area contributed by atoms with Crippen LogP contribution in [-0.4, -0.2) is 38.2 Å². The molecule has 1 N–H and O–H groups in total. The molecule has 0 spiro atoms. The van der Waals surface area contributed by atoms with E-state index in [4.69, 9.17) is 4.74 Å². The van der Waals surface area contributed by atoms with Crippen molar-refractivity contribution >= 4 is 11.9 Å². The number of amides is 1. The maximum atomic E-state index is 12.1. The number of carbonyl (C=O) groups excluding carboxylic acids is 2. The number of methoxy groups -OCH3 is 1. The summed E-state index contributed by atoms with van der Waals surface area (Å²) < 4.78 is 9.83. The fourth-order valence-electron chi connectivity index (χ4n) is 2.02. The highest BCUT2D eigenvalue weighted by molar-refractivity contribution is 5.89. The molecule has 5 nitrogen and oxygen atoms in total. The lowest BCUT2D eigenvalue weighted by atomic mass is 9.85. The Morgan fingerprint density at radius 3 is 2.35 bits per heavy atom. The molecule has 0 aromatic rings. The highest BCUT2D eigenvalue weighted by Crippen LogP contribution is 2.21. The molecule has 98 valence electrons. The Labute approximate surface area is 102 Å². The summed E-state index contributed by atoms with van der Waals surface area (Å²) in [6.07, 6.45) is 1.05. The Morgan fingerprint density at radius 2 is 1.88 bits per heavy atom. The summed E-state index contributed by atoms with van der Waals surface area (Å²) in [7, 11) is 1.30. The molecule has 0 bridgehead atoms. The highest BCUT2D eigenvalue weighted by Gasteiger charge is 2.32. The van der Waals surface area contributed by atoms with Gasteiger partial charge in [0, 0.05) is 19.1 Å². The summed E-state index contributed by atoms with van der Waals surface area (Å²) in [4.78, 5) is 23.4. The molecular weight excluding hydrogens is 222 g/mol. The van der Waals surface area contributed by atoms with E-state index in [-0.39, 0.29) is 17.6 Å². The van der Waals surface area contributed by atoms with Gasteiger partial charge >= 0.3 is 6.09 Å². The molecule has 1 unspecified atom stereocenters. The zero-order valence-electron chi connectivity index (χ0n) is 10.7. The maximum absolute atomic E-state index is 12.1. The average molecular weight is 243 g/mol. The van der Waals surface area contributed by atoms with E-state index in [0.717, 1.165) is 12.8 Å². The third kappa shape index (κ3) is 4.00. The van der Waals surface area contributed by atoms with Crippen LogP contribution in [0.5, 0.6) is 0 Å². The van der Waals surface area contributed by atoms with Crippen LogP contribution in [-0.2, 0) is 14.3 Å². The van der Waals surface area contributed by atoms with Crippen molar-refractivity contribution in [3.8, 4) is 0 Å². The minimum atomic E-state index is -0.546. The number of hydrogen-bond donors (Lipinski definition) is 1. The molecule has 1 heterocycles. The average Bonchev–Trinajstić information content (AvgIpc) is 2.35. The largest absolute Gasteiger partial charge is 0.453 e. The number of alkyl carbamates (subject to hydrolysis) is 1. The molecule has 1 rings (SSSR count). The van der Waals surface area contributed by atoms with Crippen LogP contribution in [0.25, 0.3) is 0 Å². The number of rotatable bonds is 4. The first-order valence-electron chi connectivity index (χ1n) is 6.02. The van der Waals surface area contributed by atoms with Gasteiger partial charge in [-0.25, -0.2) is 4.79 Å². The van der Waals surface area contributed by atoms with Gasteiger partial charge in [-0.1, -0.05) is 13.8 Å². The maximum Gasteiger partial charge on any atom is 0.407 e. The van der Waals surface area contributed by atoms with Crippen LogP contribution in [0.15, 0.2) is 0 Å². The van der Waals surface area contributed by atoms with Crippen LogP contribution in [0.1, 0.15) is 26.7 Å². The molecule has 5 heteroatoms. The summed E-state index contributed by atoms with van der Waals surface area (Å²) in [5, 5.41) is 2.65. The lowest BCUT2D eigenvalue weighted by Gasteiger charge is -2.30. The van der Waals surface area contributed by atoms with Gasteiger partial charge in [-0.15, -0.1) is 0 Å². The Balaban J connectivity index is 2.69. The third-order valence-corrected chi connectivity index (χ3v) is 3.07. The summed E-state index contributed by atoms with van der Waals surface area (Å²) in [6, 6.07) is -0.452. The van der Waals surface area contributed by atoms with Gasteiger partial charge in [-0.3, -0.25) is 4.79 Å². The first kappa shape index (κ1) is 14.0. The quantitative estimate of drug-likeness (QED) is 0.809. The molecule has 1 atom stereocenters. The minimum absolute atomic E-state index is 0.0577. The molecule has 17 heavy (non-hydrogen) atoms. The first-order valence-corrected chi connectivity index (χ1v) is 6.02. The van der Waals surface area contributed by atoms with Crippen molar-refractivity contribution in [2.45, 2.75) is 32.7 Å². The van der Waals surface area contributed by atoms with Crippen LogP contribution in [0.3, 0.4) is 0 Å². The number of ketones is 1. The van der Waals surface area contributed by atoms with E-state index in [1.54, 1.807) is 0 Å². The molecule has 0 aromatic carbocycles. The van der Waals surface area contributed by atoms with Gasteiger partial charge in [-0.2, -0.15) is 0 Å². The fourth-order valence-corrected chi connectivity index (χ4v) is 2.02. The van der Waals surface area contributed by atoms with Gasteiger partial charge in [0.2, 0.25) is 0 Å². The van der Waals surface area contributed by atoms with E-state index in [1.807, 2.05) is 13.8 Å². The van der Waals surface area contributed by atoms with Crippen molar-refractivity contribution in [1.29, 1.82) is 0 Å². The van der Waals surface area contributed by atoms with E-state index in [0.29, 0.717) is 13.2 Å². The summed E-state index contributed by atoms with van der Waals surface area (Å²) >= 11 is 0. The number of hydrogen-bond acceptors (Lipinski definition) is 4. The van der Waals surface area contributed by atoms with Crippen molar-refractivity contribution < 1.29 is 19.1 Å². The summed E-state index contributed by atoms with van der Waals surface area (Å²) in [5.41, 5.74) is 0. The second-order valence-electron chi connectivity index (χ2n) is 4.62. The standard InChI is InChI=1S/C12H21NO4/c1-8(2)11(14)10(13-12(15)16-3)9-4-6-17-7-5-9/h8-10H,4-7H2,1-3H3,(H,13,15). The van der Waals surface area contributed by atoms with Gasteiger partial charge in [0.05, 0.1) is 13.2 Å². The molecule has 1 amide bonds. The van der Waals surface area contributed by atoms with E-state index < -0.39 is 12.1 Å². The lowest BCUT2D eigenvalue weighted by Crippen LogP contribution is -2.49. The van der Waals surface area contributed by atoms with Crippen LogP contribution >= 0.6 is 0 Å². The number of nitrogens with one attached hydrogen (secondary N) is 1. The van der Waals surface area contributed by atoms with E-state index in [2.05, 4.69) is 10.1 Å². The molecule has 0 radical (unpaired) electrons. The lowest BCUT2D eigenvalue weighted by molar-refractivity contribution is -0.126. The van der Waals surface area contributed by atoms with Gasteiger partial charge in [-0.05, 0) is 18.8 Å². The Bertz CT molecular complexity index is 272. The van der Waals surface area contributed by atoms with Crippen molar-refractivity contribution in [2.24, 2.45) is 11.8 Å². The van der Waals surface area contributed by atoms with Crippen LogP contribution in [0, 0.1) is 11.8 Å². The van der Waals surface area contributed by atoms with Crippen molar-refractivity contribution in [2.75, 3.05) is 20.3 Å². The second kappa shape index (κ2) is 6.59. The Morgan fingerprint density at radius 1 is 1.29 bits per heavy atom. The third-order valence-electron chi connectivity index (χ3n) is 3.07. The normalized spacial score (nSPS) is 18.8. The zero-order chi connectivity index (χ0) is 12.8. The second-order valence-corrected chi connectivity index (χ2v) is 4.62. The van der Waals surface area contributed by atoms with Crippen molar-refractivity contribution in [1.82, 2.24) is 5.32 Å². The molecule has 1 saturated heterocycles. The van der Waals surface area contributed by atoms with Gasteiger partial charge in [0.25, 0.3) is 0 Å². The van der Waals surface area contributed by atoms with E-state index >= 15 is 0 Å². The summed E-state index contributed by atoms with van der Waals surface area (Å²) in [5.74, 6) is 0.111. The van der Waals surface area contributed by atoms with Crippen LogP contribution in [0.2, 0.25) is 0 Å². The predicted molar refractivity (Wildman–Crippen MR) is 62.7 cm³/mol. The van der Waals surface area contributed by atoms with Gasteiger partial charge in [0.1, 0.15) is 0 Å². The molecule has 1 aliphatic heterocycles.